The van der Waals surface area contributed by atoms with Gasteiger partial charge in [-0.1, -0.05) is 6.07 Å². The molecular formula is C11H7BrFN3O. The lowest BCUT2D eigenvalue weighted by atomic mass is 10.2. The lowest BCUT2D eigenvalue weighted by Crippen LogP contribution is -2.14. The average Bonchev–Trinajstić information content (AvgIpc) is 2.34. The molecule has 0 saturated heterocycles. The largest absolute Gasteiger partial charge is 0.305 e. The summed E-state index contributed by atoms with van der Waals surface area (Å²) in [6, 6.07) is 7.48. The van der Waals surface area contributed by atoms with Crippen LogP contribution < -0.4 is 5.32 Å². The van der Waals surface area contributed by atoms with E-state index in [4.69, 9.17) is 0 Å². The number of nitrogens with zero attached hydrogens (tertiary/aromatic N) is 2. The van der Waals surface area contributed by atoms with E-state index in [1.807, 2.05) is 0 Å². The molecule has 6 heteroatoms. The van der Waals surface area contributed by atoms with E-state index in [0.717, 1.165) is 0 Å². The fourth-order valence-electron chi connectivity index (χ4n) is 1.23. The van der Waals surface area contributed by atoms with Crippen LogP contribution >= 0.6 is 15.9 Å². The molecule has 2 aromatic rings. The van der Waals surface area contributed by atoms with E-state index in [0.29, 0.717) is 5.82 Å². The summed E-state index contributed by atoms with van der Waals surface area (Å²) in [6.07, 6.45) is 1.49. The van der Waals surface area contributed by atoms with Gasteiger partial charge in [0, 0.05) is 6.20 Å². The molecular weight excluding hydrogens is 289 g/mol. The van der Waals surface area contributed by atoms with Crippen LogP contribution in [0.25, 0.3) is 0 Å². The first kappa shape index (κ1) is 11.7. The Morgan fingerprint density at radius 2 is 2.12 bits per heavy atom. The normalized spacial score (nSPS) is 10.0. The third-order valence-corrected chi connectivity index (χ3v) is 2.82. The second-order valence-electron chi connectivity index (χ2n) is 3.16. The van der Waals surface area contributed by atoms with Gasteiger partial charge in [0.05, 0.1) is 10.0 Å². The zero-order chi connectivity index (χ0) is 12.3. The lowest BCUT2D eigenvalue weighted by Gasteiger charge is -2.05. The molecule has 0 atom stereocenters. The van der Waals surface area contributed by atoms with E-state index >= 15 is 0 Å². The third-order valence-electron chi connectivity index (χ3n) is 2.01. The maximum absolute atomic E-state index is 13.2. The highest BCUT2D eigenvalue weighted by Gasteiger charge is 2.13. The van der Waals surface area contributed by atoms with Crippen molar-refractivity contribution in [2.24, 2.45) is 0 Å². The van der Waals surface area contributed by atoms with Crippen LogP contribution in [-0.2, 0) is 0 Å². The number of amides is 1. The maximum Gasteiger partial charge on any atom is 0.258 e. The molecule has 17 heavy (non-hydrogen) atoms. The van der Waals surface area contributed by atoms with Crippen molar-refractivity contribution in [2.75, 3.05) is 5.32 Å². The van der Waals surface area contributed by atoms with Crippen LogP contribution in [0.4, 0.5) is 10.2 Å². The molecule has 0 saturated carbocycles. The number of hydrogen-bond donors (Lipinski definition) is 1. The molecule has 2 rings (SSSR count). The Bertz CT molecular complexity index is 548. The molecule has 1 aromatic heterocycles. The van der Waals surface area contributed by atoms with Crippen LogP contribution in [0, 0.1) is 5.82 Å². The van der Waals surface area contributed by atoms with Gasteiger partial charge in [-0.05, 0) is 40.2 Å². The number of anilines is 1. The minimum absolute atomic E-state index is 0.126. The summed E-state index contributed by atoms with van der Waals surface area (Å²) in [4.78, 5) is 11.8. The molecule has 0 aliphatic carbocycles. The third kappa shape index (κ3) is 2.65. The summed E-state index contributed by atoms with van der Waals surface area (Å²) in [5.74, 6) is -0.623. The van der Waals surface area contributed by atoms with Crippen LogP contribution in [0.1, 0.15) is 10.4 Å². The summed E-state index contributed by atoms with van der Waals surface area (Å²) in [5, 5.41) is 9.84. The van der Waals surface area contributed by atoms with E-state index in [2.05, 4.69) is 31.4 Å². The minimum atomic E-state index is -0.489. The molecule has 0 aliphatic heterocycles. The van der Waals surface area contributed by atoms with Crippen molar-refractivity contribution in [2.45, 2.75) is 0 Å². The topological polar surface area (TPSA) is 54.9 Å². The average molecular weight is 296 g/mol. The van der Waals surface area contributed by atoms with Crippen LogP contribution in [0.3, 0.4) is 0 Å². The van der Waals surface area contributed by atoms with Gasteiger partial charge in [0.25, 0.3) is 5.91 Å². The minimum Gasteiger partial charge on any atom is -0.305 e. The Hall–Kier alpha value is -1.82. The molecule has 1 N–H and O–H groups in total. The van der Waals surface area contributed by atoms with Crippen LogP contribution in [0.2, 0.25) is 0 Å². The molecule has 1 heterocycles. The first-order valence-corrected chi connectivity index (χ1v) is 5.51. The van der Waals surface area contributed by atoms with Gasteiger partial charge in [-0.3, -0.25) is 4.79 Å². The number of rotatable bonds is 2. The Balaban J connectivity index is 2.24. The number of halogens is 2. The number of aromatic nitrogens is 2. The van der Waals surface area contributed by atoms with E-state index in [1.165, 1.54) is 24.4 Å². The van der Waals surface area contributed by atoms with Gasteiger partial charge in [-0.2, -0.15) is 5.10 Å². The molecule has 0 unspecified atom stereocenters. The quantitative estimate of drug-likeness (QED) is 0.927. The molecule has 4 nitrogen and oxygen atoms in total. The van der Waals surface area contributed by atoms with Crippen LogP contribution in [0.5, 0.6) is 0 Å². The van der Waals surface area contributed by atoms with Crippen molar-refractivity contribution in [1.29, 1.82) is 0 Å². The van der Waals surface area contributed by atoms with Crippen LogP contribution in [-0.4, -0.2) is 16.1 Å². The summed E-state index contributed by atoms with van der Waals surface area (Å²) in [6.45, 7) is 0. The van der Waals surface area contributed by atoms with Crippen LogP contribution in [0.15, 0.2) is 41.0 Å². The Kier molecular flexibility index (Phi) is 3.43. The molecule has 0 bridgehead atoms. The van der Waals surface area contributed by atoms with E-state index in [-0.39, 0.29) is 10.0 Å². The maximum atomic E-state index is 13.2. The van der Waals surface area contributed by atoms with Gasteiger partial charge < -0.3 is 5.32 Å². The summed E-state index contributed by atoms with van der Waals surface area (Å²) < 4.78 is 13.3. The molecule has 1 amide bonds. The monoisotopic (exact) mass is 295 g/mol. The second kappa shape index (κ2) is 5.01. The predicted octanol–water partition coefficient (Wildman–Crippen LogP) is 2.63. The summed E-state index contributed by atoms with van der Waals surface area (Å²) in [5.41, 5.74) is 0.204. The predicted molar refractivity (Wildman–Crippen MR) is 64.1 cm³/mol. The summed E-state index contributed by atoms with van der Waals surface area (Å²) in [7, 11) is 0. The van der Waals surface area contributed by atoms with E-state index < -0.39 is 11.7 Å². The van der Waals surface area contributed by atoms with Crippen molar-refractivity contribution in [1.82, 2.24) is 10.2 Å². The molecule has 0 spiro atoms. The molecule has 0 fully saturated rings. The number of benzene rings is 1. The van der Waals surface area contributed by atoms with E-state index in [9.17, 15) is 9.18 Å². The van der Waals surface area contributed by atoms with Gasteiger partial charge in [-0.15, -0.1) is 5.10 Å². The first-order chi connectivity index (χ1) is 8.18. The standard InChI is InChI=1S/C11H7BrFN3O/c12-10-7(3-1-4-8(10)13)11(17)15-9-5-2-6-14-16-9/h1-6H,(H,15,16,17). The molecule has 1 aromatic carbocycles. The second-order valence-corrected chi connectivity index (χ2v) is 3.96. The lowest BCUT2D eigenvalue weighted by molar-refractivity contribution is 0.102. The van der Waals surface area contributed by atoms with Gasteiger partial charge in [0.1, 0.15) is 5.82 Å². The van der Waals surface area contributed by atoms with Crippen molar-refractivity contribution >= 4 is 27.7 Å². The molecule has 86 valence electrons. The number of carbonyl (C=O) groups excluding carboxylic acids is 1. The fourth-order valence-corrected chi connectivity index (χ4v) is 1.68. The highest BCUT2D eigenvalue weighted by atomic mass is 79.9. The zero-order valence-corrected chi connectivity index (χ0v) is 10.1. The Morgan fingerprint density at radius 3 is 2.82 bits per heavy atom. The smallest absolute Gasteiger partial charge is 0.258 e. The highest BCUT2D eigenvalue weighted by Crippen LogP contribution is 2.21. The SMILES string of the molecule is O=C(Nc1cccnn1)c1cccc(F)c1Br. The first-order valence-electron chi connectivity index (χ1n) is 4.71. The number of carbonyl (C=O) groups is 1. The van der Waals surface area contributed by atoms with Crippen molar-refractivity contribution in [3.8, 4) is 0 Å². The van der Waals surface area contributed by atoms with Gasteiger partial charge in [-0.25, -0.2) is 4.39 Å². The van der Waals surface area contributed by atoms with Crippen molar-refractivity contribution < 1.29 is 9.18 Å². The number of nitrogens with one attached hydrogen (secondary N) is 1. The van der Waals surface area contributed by atoms with Gasteiger partial charge >= 0.3 is 0 Å². The van der Waals surface area contributed by atoms with Gasteiger partial charge in [0.15, 0.2) is 5.82 Å². The Labute approximate surface area is 105 Å². The fraction of sp³-hybridized carbons (Fsp3) is 0. The zero-order valence-electron chi connectivity index (χ0n) is 8.52. The van der Waals surface area contributed by atoms with Gasteiger partial charge in [0.2, 0.25) is 0 Å². The summed E-state index contributed by atoms with van der Waals surface area (Å²) >= 11 is 3.02. The molecule has 0 aliphatic rings. The number of hydrogen-bond acceptors (Lipinski definition) is 3. The molecule has 0 radical (unpaired) electrons. The van der Waals surface area contributed by atoms with Crippen molar-refractivity contribution in [3.63, 3.8) is 0 Å². The highest BCUT2D eigenvalue weighted by molar-refractivity contribution is 9.10. The van der Waals surface area contributed by atoms with Crippen molar-refractivity contribution in [3.05, 3.63) is 52.4 Å². The Morgan fingerprint density at radius 1 is 1.29 bits per heavy atom. The van der Waals surface area contributed by atoms with E-state index in [1.54, 1.807) is 12.1 Å².